The highest BCUT2D eigenvalue weighted by molar-refractivity contribution is 5.97. The average Bonchev–Trinajstić information content (AvgIpc) is 2.84. The Labute approximate surface area is 159 Å². The monoisotopic (exact) mass is 364 g/mol. The van der Waals surface area contributed by atoms with Crippen LogP contribution >= 0.6 is 0 Å². The summed E-state index contributed by atoms with van der Waals surface area (Å²) in [5.74, 6) is 0.631. The number of piperidine rings is 1. The number of fused-ring (bicyclic) bond motifs is 1. The Bertz CT molecular complexity index is 836. The molecule has 2 aliphatic rings. The van der Waals surface area contributed by atoms with Gasteiger partial charge in [-0.2, -0.15) is 0 Å². The fourth-order valence-corrected chi connectivity index (χ4v) is 3.94. The molecule has 1 atom stereocenters. The van der Waals surface area contributed by atoms with Gasteiger partial charge in [-0.1, -0.05) is 42.5 Å². The number of benzene rings is 2. The van der Waals surface area contributed by atoms with Crippen LogP contribution in [-0.2, 0) is 11.2 Å². The molecule has 1 saturated heterocycles. The highest BCUT2D eigenvalue weighted by Crippen LogP contribution is 2.32. The van der Waals surface area contributed by atoms with Crippen LogP contribution in [0, 0.1) is 0 Å². The predicted octanol–water partition coefficient (Wildman–Crippen LogP) is 2.80. The molecule has 1 fully saturated rings. The van der Waals surface area contributed by atoms with Crippen LogP contribution in [0.4, 0.5) is 0 Å². The first-order valence-electron chi connectivity index (χ1n) is 9.53. The number of carbonyl (C=O) groups excluding carboxylic acids is 2. The summed E-state index contributed by atoms with van der Waals surface area (Å²) in [7, 11) is 0. The van der Waals surface area contributed by atoms with Crippen LogP contribution in [0.5, 0.6) is 5.75 Å². The van der Waals surface area contributed by atoms with Gasteiger partial charge in [0.05, 0.1) is 18.7 Å². The van der Waals surface area contributed by atoms with E-state index < -0.39 is 5.60 Å². The molecule has 5 nitrogen and oxygen atoms in total. The molecule has 1 N–H and O–H groups in total. The SMILES string of the molecule is O=C1NC[C@@]2(CCCN(C(=O)CCc3ccccc3)C2)Oc2ccccc21. The molecule has 2 aliphatic heterocycles. The second kappa shape index (κ2) is 7.43. The lowest BCUT2D eigenvalue weighted by Gasteiger charge is -2.42. The molecule has 0 aromatic heterocycles. The van der Waals surface area contributed by atoms with E-state index in [0.717, 1.165) is 25.8 Å². The molecule has 0 saturated carbocycles. The van der Waals surface area contributed by atoms with Crippen molar-refractivity contribution in [3.05, 3.63) is 65.7 Å². The Morgan fingerprint density at radius 1 is 1.11 bits per heavy atom. The van der Waals surface area contributed by atoms with Crippen LogP contribution in [-0.4, -0.2) is 41.9 Å². The summed E-state index contributed by atoms with van der Waals surface area (Å²) in [4.78, 5) is 27.0. The van der Waals surface area contributed by atoms with Gasteiger partial charge in [0.2, 0.25) is 5.91 Å². The van der Waals surface area contributed by atoms with Gasteiger partial charge in [0.25, 0.3) is 5.91 Å². The number of rotatable bonds is 3. The molecule has 2 aromatic carbocycles. The van der Waals surface area contributed by atoms with Gasteiger partial charge >= 0.3 is 0 Å². The third kappa shape index (κ3) is 3.82. The van der Waals surface area contributed by atoms with Crippen molar-refractivity contribution in [2.45, 2.75) is 31.3 Å². The van der Waals surface area contributed by atoms with Crippen molar-refractivity contribution in [2.75, 3.05) is 19.6 Å². The first-order chi connectivity index (χ1) is 13.2. The van der Waals surface area contributed by atoms with Gasteiger partial charge < -0.3 is 15.0 Å². The lowest BCUT2D eigenvalue weighted by atomic mass is 9.92. The fraction of sp³-hybridized carbons (Fsp3) is 0.364. The summed E-state index contributed by atoms with van der Waals surface area (Å²) in [6.45, 7) is 1.67. The van der Waals surface area contributed by atoms with E-state index >= 15 is 0 Å². The first-order valence-corrected chi connectivity index (χ1v) is 9.53. The van der Waals surface area contributed by atoms with Crippen LogP contribution in [0.1, 0.15) is 35.2 Å². The van der Waals surface area contributed by atoms with Crippen LogP contribution < -0.4 is 10.1 Å². The number of para-hydroxylation sites is 1. The number of hydrogen-bond donors (Lipinski definition) is 1. The smallest absolute Gasteiger partial charge is 0.255 e. The first kappa shape index (κ1) is 17.6. The number of hydrogen-bond acceptors (Lipinski definition) is 3. The number of carbonyl (C=O) groups is 2. The molecular weight excluding hydrogens is 340 g/mol. The second-order valence-electron chi connectivity index (χ2n) is 7.37. The number of ether oxygens (including phenoxy) is 1. The van der Waals surface area contributed by atoms with Gasteiger partial charge in [-0.15, -0.1) is 0 Å². The Morgan fingerprint density at radius 3 is 2.74 bits per heavy atom. The van der Waals surface area contributed by atoms with E-state index in [4.69, 9.17) is 4.74 Å². The molecule has 0 bridgehead atoms. The van der Waals surface area contributed by atoms with E-state index in [2.05, 4.69) is 5.32 Å². The maximum Gasteiger partial charge on any atom is 0.255 e. The molecule has 0 radical (unpaired) electrons. The van der Waals surface area contributed by atoms with Gasteiger partial charge in [-0.05, 0) is 37.0 Å². The maximum atomic E-state index is 12.8. The van der Waals surface area contributed by atoms with Crippen molar-refractivity contribution < 1.29 is 14.3 Å². The third-order valence-corrected chi connectivity index (χ3v) is 5.39. The highest BCUT2D eigenvalue weighted by atomic mass is 16.5. The minimum atomic E-state index is -0.553. The Morgan fingerprint density at radius 2 is 1.89 bits per heavy atom. The van der Waals surface area contributed by atoms with Crippen LogP contribution in [0.15, 0.2) is 54.6 Å². The Hall–Kier alpha value is -2.82. The summed E-state index contributed by atoms with van der Waals surface area (Å²) in [6, 6.07) is 17.4. The van der Waals surface area contributed by atoms with Gasteiger partial charge in [-0.3, -0.25) is 9.59 Å². The summed E-state index contributed by atoms with van der Waals surface area (Å²) >= 11 is 0. The number of aryl methyl sites for hydroxylation is 1. The van der Waals surface area contributed by atoms with Crippen LogP contribution in [0.3, 0.4) is 0 Å². The Balaban J connectivity index is 1.46. The normalized spacial score (nSPS) is 21.8. The van der Waals surface area contributed by atoms with E-state index in [0.29, 0.717) is 30.8 Å². The lowest BCUT2D eigenvalue weighted by molar-refractivity contribution is -0.136. The van der Waals surface area contributed by atoms with E-state index in [1.807, 2.05) is 53.4 Å². The van der Waals surface area contributed by atoms with Crippen LogP contribution in [0.2, 0.25) is 0 Å². The maximum absolute atomic E-state index is 12.8. The zero-order chi connectivity index (χ0) is 18.7. The molecule has 0 unspecified atom stereocenters. The summed E-state index contributed by atoms with van der Waals surface area (Å²) < 4.78 is 6.32. The van der Waals surface area contributed by atoms with Gasteiger partial charge in [0.1, 0.15) is 11.4 Å². The summed E-state index contributed by atoms with van der Waals surface area (Å²) in [5, 5.41) is 2.98. The molecular formula is C22H24N2O3. The van der Waals surface area contributed by atoms with Crippen molar-refractivity contribution in [2.24, 2.45) is 0 Å². The van der Waals surface area contributed by atoms with E-state index in [9.17, 15) is 9.59 Å². The van der Waals surface area contributed by atoms with Crippen molar-refractivity contribution >= 4 is 11.8 Å². The zero-order valence-corrected chi connectivity index (χ0v) is 15.3. The molecule has 0 aliphatic carbocycles. The predicted molar refractivity (Wildman–Crippen MR) is 103 cm³/mol. The van der Waals surface area contributed by atoms with E-state index in [-0.39, 0.29) is 11.8 Å². The summed E-state index contributed by atoms with van der Waals surface area (Å²) in [5.41, 5.74) is 1.18. The van der Waals surface area contributed by atoms with E-state index in [1.54, 1.807) is 6.07 Å². The van der Waals surface area contributed by atoms with Gasteiger partial charge in [0, 0.05) is 13.0 Å². The highest BCUT2D eigenvalue weighted by Gasteiger charge is 2.41. The topological polar surface area (TPSA) is 58.6 Å². The van der Waals surface area contributed by atoms with Crippen molar-refractivity contribution in [1.82, 2.24) is 10.2 Å². The third-order valence-electron chi connectivity index (χ3n) is 5.39. The number of nitrogens with zero attached hydrogens (tertiary/aromatic N) is 1. The molecule has 2 amide bonds. The van der Waals surface area contributed by atoms with Crippen molar-refractivity contribution in [1.29, 1.82) is 0 Å². The van der Waals surface area contributed by atoms with Gasteiger partial charge in [-0.25, -0.2) is 0 Å². The molecule has 27 heavy (non-hydrogen) atoms. The summed E-state index contributed by atoms with van der Waals surface area (Å²) in [6.07, 6.45) is 2.92. The second-order valence-corrected chi connectivity index (χ2v) is 7.37. The molecule has 140 valence electrons. The fourth-order valence-electron chi connectivity index (χ4n) is 3.94. The Kier molecular flexibility index (Phi) is 4.84. The van der Waals surface area contributed by atoms with E-state index in [1.165, 1.54) is 5.56 Å². The quantitative estimate of drug-likeness (QED) is 0.911. The number of nitrogens with one attached hydrogen (secondary N) is 1. The molecule has 5 heteroatoms. The minimum Gasteiger partial charge on any atom is -0.483 e. The molecule has 4 rings (SSSR count). The number of amides is 2. The van der Waals surface area contributed by atoms with Crippen molar-refractivity contribution in [3.8, 4) is 5.75 Å². The van der Waals surface area contributed by atoms with Crippen LogP contribution in [0.25, 0.3) is 0 Å². The van der Waals surface area contributed by atoms with Gasteiger partial charge in [0.15, 0.2) is 0 Å². The largest absolute Gasteiger partial charge is 0.483 e. The molecule has 2 heterocycles. The lowest BCUT2D eigenvalue weighted by Crippen LogP contribution is -2.57. The standard InChI is InChI=1S/C22H24N2O3/c25-20(12-11-17-7-2-1-3-8-17)24-14-6-13-22(16-24)15-23-21(26)18-9-4-5-10-19(18)27-22/h1-5,7-10H,6,11-16H2,(H,23,26)/t22-/m1/s1. The average molecular weight is 364 g/mol. The number of likely N-dealkylation sites (tertiary alicyclic amines) is 1. The zero-order valence-electron chi connectivity index (χ0n) is 15.3. The molecule has 2 aromatic rings. The van der Waals surface area contributed by atoms with Crippen molar-refractivity contribution in [3.63, 3.8) is 0 Å². The molecule has 1 spiro atoms. The minimum absolute atomic E-state index is 0.116.